The van der Waals surface area contributed by atoms with Crippen molar-refractivity contribution in [1.29, 1.82) is 0 Å². The molecule has 0 aromatic carbocycles. The van der Waals surface area contributed by atoms with Crippen molar-refractivity contribution in [3.63, 3.8) is 0 Å². The summed E-state index contributed by atoms with van der Waals surface area (Å²) in [5.41, 5.74) is 0. The lowest BCUT2D eigenvalue weighted by atomic mass is 10.2. The molecule has 0 atom stereocenters. The molecule has 9 heteroatoms. The van der Waals surface area contributed by atoms with Gasteiger partial charge >= 0.3 is 11.9 Å². The lowest BCUT2D eigenvalue weighted by Gasteiger charge is -2.34. The van der Waals surface area contributed by atoms with Crippen LogP contribution in [0.1, 0.15) is 27.7 Å². The summed E-state index contributed by atoms with van der Waals surface area (Å²) in [6.07, 6.45) is 0. The van der Waals surface area contributed by atoms with E-state index < -0.39 is 7.59 Å². The molecule has 8 nitrogen and oxygen atoms in total. The summed E-state index contributed by atoms with van der Waals surface area (Å²) < 4.78 is 27.0. The second-order valence-electron chi connectivity index (χ2n) is 6.70. The van der Waals surface area contributed by atoms with Crippen molar-refractivity contribution in [2.24, 2.45) is 11.8 Å². The molecule has 0 amide bonds. The number of hydrogen-bond donors (Lipinski definition) is 0. The van der Waals surface area contributed by atoms with E-state index in [1.165, 1.54) is 0 Å². The van der Waals surface area contributed by atoms with E-state index in [0.717, 1.165) is 0 Å². The summed E-state index contributed by atoms with van der Waals surface area (Å²) in [4.78, 5) is 21.9. The van der Waals surface area contributed by atoms with Crippen LogP contribution in [-0.2, 0) is 23.6 Å². The highest BCUT2D eigenvalue weighted by atomic mass is 31.2. The van der Waals surface area contributed by atoms with Gasteiger partial charge in [0.05, 0.1) is 11.8 Å². The third kappa shape index (κ3) is 9.94. The average Bonchev–Trinajstić information content (AvgIpc) is 2.49. The van der Waals surface area contributed by atoms with Crippen molar-refractivity contribution in [2.45, 2.75) is 27.7 Å². The van der Waals surface area contributed by atoms with Crippen LogP contribution in [0.5, 0.6) is 0 Å². The molecule has 0 bridgehead atoms. The predicted molar refractivity (Wildman–Crippen MR) is 100 cm³/mol. The minimum atomic E-state index is -2.44. The summed E-state index contributed by atoms with van der Waals surface area (Å²) >= 11 is 0. The highest BCUT2D eigenvalue weighted by Crippen LogP contribution is 2.50. The molecule has 0 saturated heterocycles. The van der Waals surface area contributed by atoms with Crippen molar-refractivity contribution < 1.29 is 23.6 Å². The average molecular weight is 381 g/mol. The second-order valence-corrected chi connectivity index (χ2v) is 10.1. The van der Waals surface area contributed by atoms with Gasteiger partial charge in [-0.1, -0.05) is 27.7 Å². The Kier molecular flexibility index (Phi) is 13.0. The highest BCUT2D eigenvalue weighted by molar-refractivity contribution is 7.56. The van der Waals surface area contributed by atoms with E-state index in [1.807, 2.05) is 42.3 Å². The topological polar surface area (TPSA) is 79.4 Å². The third-order valence-corrected chi connectivity index (χ3v) is 6.20. The molecular weight excluding hydrogens is 345 g/mol. The van der Waals surface area contributed by atoms with Crippen LogP contribution in [-0.4, -0.2) is 81.4 Å². The fourth-order valence-corrected chi connectivity index (χ4v) is 3.84. The molecule has 25 heavy (non-hydrogen) atoms. The molecule has 0 rings (SSSR count). The zero-order valence-electron chi connectivity index (χ0n) is 17.4. The lowest BCUT2D eigenvalue weighted by Crippen LogP contribution is -2.30. The first-order valence-corrected chi connectivity index (χ1v) is 9.81. The molecule has 150 valence electrons. The van der Waals surface area contributed by atoms with E-state index in [-0.39, 0.29) is 37.0 Å². The Labute approximate surface area is 153 Å². The molecule has 0 spiro atoms. The number of rotatable bonds is 8. The fraction of sp³-hybridized carbons (Fsp3) is 0.875. The largest absolute Gasteiger partial charge is 0.462 e. The fourth-order valence-electron chi connectivity index (χ4n) is 1.69. The van der Waals surface area contributed by atoms with Gasteiger partial charge in [0.25, 0.3) is 7.59 Å². The molecule has 0 fully saturated rings. The minimum Gasteiger partial charge on any atom is -0.462 e. The van der Waals surface area contributed by atoms with Crippen molar-refractivity contribution >= 4 is 19.5 Å². The quantitative estimate of drug-likeness (QED) is 0.360. The van der Waals surface area contributed by atoms with Gasteiger partial charge in [0.2, 0.25) is 0 Å². The van der Waals surface area contributed by atoms with Crippen LogP contribution in [0.4, 0.5) is 0 Å². The number of carbonyl (C=O) groups is 2. The van der Waals surface area contributed by atoms with E-state index >= 15 is 0 Å². The first-order chi connectivity index (χ1) is 11.3. The van der Waals surface area contributed by atoms with Gasteiger partial charge in [-0.3, -0.25) is 14.2 Å². The van der Waals surface area contributed by atoms with Crippen molar-refractivity contribution in [3.8, 4) is 0 Å². The maximum absolute atomic E-state index is 12.1. The smallest absolute Gasteiger partial charge is 0.308 e. The molecule has 0 aliphatic heterocycles. The minimum absolute atomic E-state index is 0.134. The van der Waals surface area contributed by atoms with Crippen LogP contribution < -0.4 is 0 Å². The van der Waals surface area contributed by atoms with Gasteiger partial charge in [-0.15, -0.1) is 0 Å². The summed E-state index contributed by atoms with van der Waals surface area (Å²) in [5.74, 6) is -0.831. The summed E-state index contributed by atoms with van der Waals surface area (Å²) in [5, 5.41) is 0. The molecule has 0 saturated carbocycles. The standard InChI is InChI=1S/C10H18O4.C6H18N3OP/c1-7(2)9(11)13-5-6-14-10(12)8(3)4;1-7(2)11(10,8(3)4)9(5)6/h7-8H,5-6H2,1-4H3;1-6H3. The van der Waals surface area contributed by atoms with E-state index in [1.54, 1.807) is 41.7 Å². The number of ether oxygens (including phenoxy) is 2. The van der Waals surface area contributed by atoms with Gasteiger partial charge in [-0.05, 0) is 42.3 Å². The summed E-state index contributed by atoms with van der Waals surface area (Å²) in [6, 6.07) is 0. The maximum Gasteiger partial charge on any atom is 0.308 e. The Morgan fingerprint density at radius 2 is 0.960 bits per heavy atom. The zero-order valence-corrected chi connectivity index (χ0v) is 18.3. The number of esters is 2. The van der Waals surface area contributed by atoms with Crippen LogP contribution in [0.15, 0.2) is 0 Å². The van der Waals surface area contributed by atoms with E-state index in [0.29, 0.717) is 0 Å². The Morgan fingerprint density at radius 3 is 1.08 bits per heavy atom. The van der Waals surface area contributed by atoms with Crippen molar-refractivity contribution in [3.05, 3.63) is 0 Å². The predicted octanol–water partition coefficient (Wildman–Crippen LogP) is 2.16. The lowest BCUT2D eigenvalue weighted by molar-refractivity contribution is -0.156. The molecular formula is C16H36N3O5P. The van der Waals surface area contributed by atoms with Crippen LogP contribution in [0.25, 0.3) is 0 Å². The van der Waals surface area contributed by atoms with Crippen LogP contribution in [0.3, 0.4) is 0 Å². The maximum atomic E-state index is 12.1. The molecule has 0 unspecified atom stereocenters. The molecule has 0 aromatic rings. The summed E-state index contributed by atoms with van der Waals surface area (Å²) in [6.45, 7) is 7.28. The van der Waals surface area contributed by atoms with Gasteiger partial charge < -0.3 is 9.47 Å². The SMILES string of the molecule is CC(C)C(=O)OCCOC(=O)C(C)C.CN(C)P(=O)(N(C)C)N(C)C. The summed E-state index contributed by atoms with van der Waals surface area (Å²) in [7, 11) is 8.49. The van der Waals surface area contributed by atoms with Gasteiger partial charge in [0, 0.05) is 0 Å². The Hall–Kier alpha value is -0.950. The van der Waals surface area contributed by atoms with Crippen molar-refractivity contribution in [2.75, 3.05) is 55.5 Å². The first kappa shape index (κ1) is 26.3. The van der Waals surface area contributed by atoms with Crippen LogP contribution in [0.2, 0.25) is 0 Å². The van der Waals surface area contributed by atoms with Gasteiger partial charge in [-0.25, -0.2) is 14.0 Å². The molecule has 0 radical (unpaired) electrons. The molecule has 0 aromatic heterocycles. The first-order valence-electron chi connectivity index (χ1n) is 8.25. The highest BCUT2D eigenvalue weighted by Gasteiger charge is 2.30. The van der Waals surface area contributed by atoms with Gasteiger partial charge in [0.15, 0.2) is 0 Å². The van der Waals surface area contributed by atoms with E-state index in [2.05, 4.69) is 0 Å². The van der Waals surface area contributed by atoms with Gasteiger partial charge in [0.1, 0.15) is 13.2 Å². The van der Waals surface area contributed by atoms with Gasteiger partial charge in [-0.2, -0.15) is 0 Å². The van der Waals surface area contributed by atoms with Crippen LogP contribution in [0, 0.1) is 11.8 Å². The number of carbonyl (C=O) groups excluding carboxylic acids is 2. The Morgan fingerprint density at radius 1 is 0.720 bits per heavy atom. The second kappa shape index (κ2) is 12.4. The Balaban J connectivity index is 0. The molecule has 0 heterocycles. The monoisotopic (exact) mass is 381 g/mol. The molecule has 0 aliphatic carbocycles. The van der Waals surface area contributed by atoms with Crippen molar-refractivity contribution in [1.82, 2.24) is 14.0 Å². The van der Waals surface area contributed by atoms with E-state index in [4.69, 9.17) is 9.47 Å². The molecule has 0 N–H and O–H groups in total. The third-order valence-electron chi connectivity index (χ3n) is 3.08. The van der Waals surface area contributed by atoms with E-state index in [9.17, 15) is 14.2 Å². The number of nitrogens with zero attached hydrogens (tertiary/aromatic N) is 3. The van der Waals surface area contributed by atoms with Crippen LogP contribution >= 0.6 is 7.59 Å². The Bertz CT molecular complexity index is 401. The zero-order chi connectivity index (χ0) is 20.4. The molecule has 0 aliphatic rings. The number of hydrogen-bond acceptors (Lipinski definition) is 5. The normalized spacial score (nSPS) is 11.8.